The predicted octanol–water partition coefficient (Wildman–Crippen LogP) is 16.4. The van der Waals surface area contributed by atoms with E-state index in [0.717, 1.165) is 86.3 Å². The van der Waals surface area contributed by atoms with Gasteiger partial charge in [-0.05, 0) is 241 Å². The van der Waals surface area contributed by atoms with Gasteiger partial charge in [-0.2, -0.15) is 0 Å². The third-order valence-electron chi connectivity index (χ3n) is 28.6. The Balaban J connectivity index is 0.829. The highest BCUT2D eigenvalue weighted by atomic mass is 33.1. The second kappa shape index (κ2) is 22.7. The Morgan fingerprint density at radius 2 is 1.63 bits per heavy atom. The molecule has 0 aromatic heterocycles. The molecule has 10 fully saturated rings. The zero-order valence-corrected chi connectivity index (χ0v) is 55.0. The lowest BCUT2D eigenvalue weighted by atomic mass is 9.45. The number of benzene rings is 2. The van der Waals surface area contributed by atoms with Crippen molar-refractivity contribution in [2.24, 2.45) is 79.2 Å². The normalized spacial score (nSPS) is 41.9. The number of nitrogens with two attached hydrogens (primary N) is 1. The Labute approximate surface area is 529 Å². The molecule has 1 amide bonds. The van der Waals surface area contributed by atoms with Crippen LogP contribution in [-0.2, 0) is 27.3 Å². The number of phenolic OH excluding ortho intramolecular Hbond substituents is 1. The second-order valence-corrected chi connectivity index (χ2v) is 35.4. The van der Waals surface area contributed by atoms with Gasteiger partial charge < -0.3 is 35.6 Å². The van der Waals surface area contributed by atoms with Crippen LogP contribution in [-0.4, -0.2) is 74.0 Å². The fourth-order valence-electron chi connectivity index (χ4n) is 24.7. The van der Waals surface area contributed by atoms with Crippen molar-refractivity contribution in [1.82, 2.24) is 10.2 Å². The van der Waals surface area contributed by atoms with Gasteiger partial charge >= 0.3 is 5.97 Å². The first-order valence-electron chi connectivity index (χ1n) is 35.9. The fraction of sp³-hybridized carbons (Fsp3) is 0.773. The van der Waals surface area contributed by atoms with Crippen LogP contribution in [0.1, 0.15) is 260 Å². The molecule has 6 aliphatic heterocycles. The number of esters is 1. The molecular formula is C75H106N4O6S2. The lowest BCUT2D eigenvalue weighted by molar-refractivity contribution is -0.173. The summed E-state index contributed by atoms with van der Waals surface area (Å²) in [5.41, 5.74) is 11.2. The molecule has 10 nitrogen and oxygen atoms in total. The number of carbonyl (C=O) groups is 2. The molecule has 1 saturated heterocycles. The van der Waals surface area contributed by atoms with Gasteiger partial charge in [-0.25, -0.2) is 0 Å². The molecule has 10 bridgehead atoms. The Morgan fingerprint density at radius 3 is 2.43 bits per heavy atom. The van der Waals surface area contributed by atoms with E-state index in [1.165, 1.54) is 140 Å². The zero-order valence-electron chi connectivity index (χ0n) is 53.4. The van der Waals surface area contributed by atoms with Crippen molar-refractivity contribution in [3.8, 4) is 11.5 Å². The van der Waals surface area contributed by atoms with Crippen molar-refractivity contribution in [3.63, 3.8) is 0 Å². The molecule has 15 atom stereocenters. The lowest BCUT2D eigenvalue weighted by Gasteiger charge is -2.60. The van der Waals surface area contributed by atoms with Crippen LogP contribution in [0.5, 0.6) is 11.5 Å². The van der Waals surface area contributed by atoms with Gasteiger partial charge in [0.15, 0.2) is 17.5 Å². The molecule has 87 heavy (non-hydrogen) atoms. The van der Waals surface area contributed by atoms with Crippen LogP contribution in [0.25, 0.3) is 0 Å². The molecule has 2 aromatic rings. The predicted molar refractivity (Wildman–Crippen MR) is 350 cm³/mol. The van der Waals surface area contributed by atoms with Gasteiger partial charge in [-0.3, -0.25) is 14.6 Å². The summed E-state index contributed by atoms with van der Waals surface area (Å²) < 4.78 is 14.0. The summed E-state index contributed by atoms with van der Waals surface area (Å²) in [6, 6.07) is 13.1. The summed E-state index contributed by atoms with van der Waals surface area (Å²) in [4.78, 5) is 36.0. The van der Waals surface area contributed by atoms with Gasteiger partial charge in [0.05, 0.1) is 6.10 Å². The average molecular weight is 1220 g/mol. The molecule has 12 heteroatoms. The smallest absolute Gasteiger partial charge is 0.303 e. The first-order chi connectivity index (χ1) is 42.0. The number of carbonyl (C=O) groups excluding carboxylic acids is 2. The summed E-state index contributed by atoms with van der Waals surface area (Å²) in [7, 11) is 4.38. The lowest BCUT2D eigenvalue weighted by Crippen LogP contribution is -2.56. The van der Waals surface area contributed by atoms with E-state index in [4.69, 9.17) is 20.2 Å². The topological polar surface area (TPSA) is 147 Å². The maximum absolute atomic E-state index is 15.1. The summed E-state index contributed by atoms with van der Waals surface area (Å²) >= 11 is 0. The van der Waals surface area contributed by atoms with Crippen molar-refractivity contribution in [3.05, 3.63) is 70.8 Å². The third kappa shape index (κ3) is 9.76. The van der Waals surface area contributed by atoms with Gasteiger partial charge in [0.25, 0.3) is 0 Å². The van der Waals surface area contributed by atoms with Crippen LogP contribution in [0, 0.1) is 68.5 Å². The Hall–Kier alpha value is -3.35. The molecule has 7 spiro atoms. The maximum Gasteiger partial charge on any atom is 0.303 e. The number of hydrogen-bond acceptors (Lipinski definition) is 11. The highest BCUT2D eigenvalue weighted by Gasteiger charge is 2.72. The van der Waals surface area contributed by atoms with Crippen molar-refractivity contribution < 1.29 is 29.3 Å². The van der Waals surface area contributed by atoms with Crippen LogP contribution in [0.3, 0.4) is 0 Å². The standard InChI is InChI=1S/C75H106N4O6S2/c1-49(2)16-17-51-22-36-74(41-51)68(26-7-8-27-68)37-38-72(74)42-55-18-19-59(72)47-86-87-75(32-12-30-69(75)28-9-10-29-69)78-67(76)77-45-58-20-21-61(52-13-5-4-6-14-52)71(58)44-63(82)79(48-71)46-56-39-53(23-33-70(84-50(3)80)34-25-60(55)62(81)43-70)64-54-24-35-73(85-66(64)65(56)83)31-11-15-57(73)40-54/h4-6,13-14,24,35,39,49,51,54-55,57-62,81,83H,7-12,15-23,25-34,36-38,40-48H2,1-3H3,(H3,76,77,78)/t51-,54-,55+,57+,58-,59-,60+,61-,62+,70-,71-,72+,73+,74+,75+/m0/s1. The average Bonchev–Trinajstić information content (AvgIpc) is 1.54. The number of aliphatic hydroxyl groups is 1. The molecule has 0 unspecified atom stereocenters. The summed E-state index contributed by atoms with van der Waals surface area (Å²) in [5, 5.41) is 30.1. The molecule has 2 aromatic carbocycles. The number of amides is 1. The molecule has 18 rings (SSSR count). The van der Waals surface area contributed by atoms with Gasteiger partial charge in [0, 0.05) is 78.9 Å². The van der Waals surface area contributed by atoms with Crippen LogP contribution >= 0.6 is 21.6 Å². The monoisotopic (exact) mass is 1220 g/mol. The Morgan fingerprint density at radius 1 is 0.839 bits per heavy atom. The minimum Gasteiger partial charge on any atom is -0.504 e. The van der Waals surface area contributed by atoms with E-state index in [-0.39, 0.29) is 69.0 Å². The number of nitrogens with zero attached hydrogens (tertiary/aromatic N) is 2. The van der Waals surface area contributed by atoms with Crippen LogP contribution in [0.2, 0.25) is 0 Å². The molecule has 16 aliphatic rings. The third-order valence-corrected chi connectivity index (χ3v) is 31.9. The number of aryl methyl sites for hydroxylation is 1. The number of nitrogens with one attached hydrogen (secondary N) is 1. The highest BCUT2D eigenvalue weighted by Crippen LogP contribution is 2.80. The number of hydrogen-bond donors (Lipinski definition) is 4. The SMILES string of the molecule is CC(=O)O[C@@]12CCc3cc(c(O)c4c3[C@H]3C=C[C@@]5(CCC[C@@H]5C3)O4)CN3C[C@@]4(CC3=O)[C@@H](CC[C@H]4c3ccccc3)CN=C(N)N[C@]3(CCCC34CCCC4)SSC[C@@H]3CC[C@H](C[C@]34CCC3(CCCC3)[C@]43CC[C@H](CCC(C)C)C3)[C@@H](CC1)[C@H](O)C2. The van der Waals surface area contributed by atoms with E-state index in [9.17, 15) is 15.0 Å². The van der Waals surface area contributed by atoms with E-state index in [1.54, 1.807) is 6.92 Å². The Bertz CT molecular complexity index is 2990. The van der Waals surface area contributed by atoms with Crippen molar-refractivity contribution >= 4 is 39.4 Å². The number of allylic oxidation sites excluding steroid dienone is 1. The highest BCUT2D eigenvalue weighted by molar-refractivity contribution is 8.77. The maximum atomic E-state index is 15.1. The van der Waals surface area contributed by atoms with Crippen molar-refractivity contribution in [2.45, 2.75) is 273 Å². The molecule has 474 valence electrons. The van der Waals surface area contributed by atoms with E-state index >= 15 is 4.79 Å². The summed E-state index contributed by atoms with van der Waals surface area (Å²) in [6.07, 6.45) is 41.4. The van der Waals surface area contributed by atoms with E-state index < -0.39 is 17.3 Å². The van der Waals surface area contributed by atoms with E-state index in [0.29, 0.717) is 79.1 Å². The van der Waals surface area contributed by atoms with Crippen molar-refractivity contribution in [2.75, 3.05) is 18.8 Å². The first kappa shape index (κ1) is 59.9. The van der Waals surface area contributed by atoms with E-state index in [2.05, 4.69) is 94.2 Å². The molecule has 10 aliphatic carbocycles. The van der Waals surface area contributed by atoms with Crippen LogP contribution in [0.4, 0.5) is 0 Å². The minimum absolute atomic E-state index is 0.0874. The zero-order chi connectivity index (χ0) is 59.6. The number of aromatic hydroxyl groups is 1. The van der Waals surface area contributed by atoms with Crippen LogP contribution < -0.4 is 15.8 Å². The number of phenols is 1. The molecule has 9 saturated carbocycles. The largest absolute Gasteiger partial charge is 0.504 e. The number of aliphatic imine (C=N–C) groups is 1. The number of rotatable bonds is 5. The van der Waals surface area contributed by atoms with Crippen LogP contribution in [0.15, 0.2) is 53.5 Å². The van der Waals surface area contributed by atoms with Gasteiger partial charge in [-0.1, -0.05) is 110 Å². The van der Waals surface area contributed by atoms with Crippen molar-refractivity contribution in [1.29, 1.82) is 0 Å². The van der Waals surface area contributed by atoms with Gasteiger partial charge in [0.2, 0.25) is 5.91 Å². The summed E-state index contributed by atoms with van der Waals surface area (Å²) in [6.45, 7) is 7.87. The molecule has 5 N–H and O–H groups in total. The quantitative estimate of drug-likeness (QED) is 0.130. The number of guanidine groups is 1. The first-order valence-corrected chi connectivity index (χ1v) is 38.2. The molecule has 0 radical (unpaired) electrons. The number of aliphatic hydroxyl groups excluding tert-OH is 1. The van der Waals surface area contributed by atoms with Gasteiger partial charge in [0.1, 0.15) is 16.1 Å². The van der Waals surface area contributed by atoms with E-state index in [1.807, 2.05) is 0 Å². The fourth-order valence-corrected chi connectivity index (χ4v) is 28.7. The summed E-state index contributed by atoms with van der Waals surface area (Å²) in [5.74, 6) is 5.94. The molecular weight excluding hydrogens is 1120 g/mol. The second-order valence-electron chi connectivity index (χ2n) is 32.7. The van der Waals surface area contributed by atoms with Gasteiger partial charge in [-0.15, -0.1) is 0 Å². The number of ether oxygens (including phenoxy) is 2. The number of fused-ring (bicyclic) bond motifs is 2. The Kier molecular flexibility index (Phi) is 15.7. The molecule has 6 heterocycles. The minimum atomic E-state index is -0.819.